The molecular formula is C16H18BrFN2O. The van der Waals surface area contributed by atoms with Crippen LogP contribution in [0.15, 0.2) is 34.9 Å². The van der Waals surface area contributed by atoms with Crippen LogP contribution >= 0.6 is 15.9 Å². The molecule has 0 spiro atoms. The predicted molar refractivity (Wildman–Crippen MR) is 85.1 cm³/mol. The van der Waals surface area contributed by atoms with E-state index < -0.39 is 0 Å². The van der Waals surface area contributed by atoms with Crippen molar-refractivity contribution in [2.45, 2.75) is 33.4 Å². The zero-order valence-corrected chi connectivity index (χ0v) is 13.9. The Bertz CT molecular complexity index is 632. The maximum absolute atomic E-state index is 13.4. The molecule has 0 aliphatic carbocycles. The number of aromatic nitrogens is 1. The van der Waals surface area contributed by atoms with E-state index in [4.69, 9.17) is 4.74 Å². The molecule has 2 rings (SSSR count). The molecule has 0 atom stereocenters. The molecule has 1 aromatic carbocycles. The minimum Gasteiger partial charge on any atom is -0.438 e. The van der Waals surface area contributed by atoms with Gasteiger partial charge in [0.2, 0.25) is 5.88 Å². The lowest BCUT2D eigenvalue weighted by atomic mass is 10.2. The van der Waals surface area contributed by atoms with Crippen molar-refractivity contribution in [2.24, 2.45) is 0 Å². The van der Waals surface area contributed by atoms with Crippen molar-refractivity contribution >= 4 is 15.9 Å². The average Bonchev–Trinajstić information content (AvgIpc) is 2.41. The van der Waals surface area contributed by atoms with E-state index in [0.717, 1.165) is 10.0 Å². The summed E-state index contributed by atoms with van der Waals surface area (Å²) in [4.78, 5) is 4.07. The lowest BCUT2D eigenvalue weighted by Crippen LogP contribution is -2.22. The largest absolute Gasteiger partial charge is 0.438 e. The Hall–Kier alpha value is -1.46. The van der Waals surface area contributed by atoms with Crippen molar-refractivity contribution in [1.82, 2.24) is 10.3 Å². The van der Waals surface area contributed by atoms with E-state index in [9.17, 15) is 4.39 Å². The van der Waals surface area contributed by atoms with Crippen LogP contribution in [0.25, 0.3) is 0 Å². The van der Waals surface area contributed by atoms with Crippen molar-refractivity contribution in [2.75, 3.05) is 0 Å². The van der Waals surface area contributed by atoms with E-state index in [1.807, 2.05) is 39.0 Å². The molecule has 5 heteroatoms. The molecule has 21 heavy (non-hydrogen) atoms. The number of benzene rings is 1. The first-order valence-corrected chi connectivity index (χ1v) is 7.57. The van der Waals surface area contributed by atoms with Crippen LogP contribution in [0, 0.1) is 12.7 Å². The normalized spacial score (nSPS) is 11.0. The summed E-state index contributed by atoms with van der Waals surface area (Å²) in [5.41, 5.74) is 1.68. The van der Waals surface area contributed by atoms with E-state index in [0.29, 0.717) is 29.8 Å². The quantitative estimate of drug-likeness (QED) is 0.854. The van der Waals surface area contributed by atoms with Crippen LogP contribution in [-0.2, 0) is 6.54 Å². The third-order valence-electron chi connectivity index (χ3n) is 2.94. The summed E-state index contributed by atoms with van der Waals surface area (Å²) < 4.78 is 20.2. The van der Waals surface area contributed by atoms with Gasteiger partial charge in [-0.25, -0.2) is 9.37 Å². The maximum atomic E-state index is 13.4. The molecule has 0 saturated carbocycles. The SMILES string of the molecule is Cc1cc(Br)ccc1Oc1ncc(F)cc1CNC(C)C. The first-order valence-electron chi connectivity index (χ1n) is 6.77. The van der Waals surface area contributed by atoms with E-state index in [1.165, 1.54) is 12.3 Å². The summed E-state index contributed by atoms with van der Waals surface area (Å²) in [5.74, 6) is 0.772. The minimum atomic E-state index is -0.365. The molecule has 2 aromatic rings. The molecule has 0 aliphatic heterocycles. The Kier molecular flexibility index (Phi) is 5.31. The predicted octanol–water partition coefficient (Wildman–Crippen LogP) is 4.58. The van der Waals surface area contributed by atoms with Gasteiger partial charge < -0.3 is 10.1 Å². The lowest BCUT2D eigenvalue weighted by molar-refractivity contribution is 0.442. The molecule has 0 unspecified atom stereocenters. The number of halogens is 2. The third kappa shape index (κ3) is 4.51. The van der Waals surface area contributed by atoms with Crippen LogP contribution < -0.4 is 10.1 Å². The molecule has 0 bridgehead atoms. The second kappa shape index (κ2) is 7.00. The number of nitrogens with zero attached hydrogens (tertiary/aromatic N) is 1. The highest BCUT2D eigenvalue weighted by Crippen LogP contribution is 2.28. The van der Waals surface area contributed by atoms with Gasteiger partial charge in [-0.05, 0) is 36.8 Å². The molecule has 3 nitrogen and oxygen atoms in total. The van der Waals surface area contributed by atoms with Gasteiger partial charge in [0.15, 0.2) is 0 Å². The zero-order chi connectivity index (χ0) is 15.4. The van der Waals surface area contributed by atoms with Crippen molar-refractivity contribution in [1.29, 1.82) is 0 Å². The molecular weight excluding hydrogens is 335 g/mol. The molecule has 0 aliphatic rings. The smallest absolute Gasteiger partial charge is 0.223 e. The van der Waals surface area contributed by atoms with E-state index in [1.54, 1.807) is 0 Å². The number of hydrogen-bond acceptors (Lipinski definition) is 3. The van der Waals surface area contributed by atoms with Crippen molar-refractivity contribution in [3.05, 3.63) is 51.9 Å². The number of rotatable bonds is 5. The van der Waals surface area contributed by atoms with Gasteiger partial charge in [-0.1, -0.05) is 29.8 Å². The molecule has 112 valence electrons. The van der Waals surface area contributed by atoms with Crippen molar-refractivity contribution < 1.29 is 9.13 Å². The van der Waals surface area contributed by atoms with Crippen LogP contribution in [0.5, 0.6) is 11.6 Å². The number of hydrogen-bond donors (Lipinski definition) is 1. The van der Waals surface area contributed by atoms with Gasteiger partial charge in [-0.15, -0.1) is 0 Å². The summed E-state index contributed by atoms with van der Waals surface area (Å²) in [6.07, 6.45) is 1.17. The summed E-state index contributed by atoms with van der Waals surface area (Å²) in [6, 6.07) is 7.48. The Morgan fingerprint density at radius 2 is 2.10 bits per heavy atom. The summed E-state index contributed by atoms with van der Waals surface area (Å²) in [5, 5.41) is 3.24. The van der Waals surface area contributed by atoms with E-state index in [2.05, 4.69) is 26.2 Å². The summed E-state index contributed by atoms with van der Waals surface area (Å²) in [7, 11) is 0. The highest BCUT2D eigenvalue weighted by atomic mass is 79.9. The van der Waals surface area contributed by atoms with Crippen LogP contribution in [0.4, 0.5) is 4.39 Å². The monoisotopic (exact) mass is 352 g/mol. The van der Waals surface area contributed by atoms with Crippen LogP contribution in [0.2, 0.25) is 0 Å². The highest BCUT2D eigenvalue weighted by molar-refractivity contribution is 9.10. The minimum absolute atomic E-state index is 0.301. The molecule has 1 N–H and O–H groups in total. The summed E-state index contributed by atoms with van der Waals surface area (Å²) in [6.45, 7) is 6.53. The second-order valence-corrected chi connectivity index (χ2v) is 6.08. The fourth-order valence-corrected chi connectivity index (χ4v) is 2.31. The summed E-state index contributed by atoms with van der Waals surface area (Å²) >= 11 is 3.42. The third-order valence-corrected chi connectivity index (χ3v) is 3.43. The first kappa shape index (κ1) is 15.9. The topological polar surface area (TPSA) is 34.1 Å². The van der Waals surface area contributed by atoms with Crippen molar-refractivity contribution in [3.63, 3.8) is 0 Å². The standard InChI is InChI=1S/C16H18BrFN2O/c1-10(2)19-8-12-7-14(18)9-20-16(12)21-15-5-4-13(17)6-11(15)3/h4-7,9-10,19H,8H2,1-3H3. The first-order chi connectivity index (χ1) is 9.95. The Labute approximate surface area is 132 Å². The van der Waals surface area contributed by atoms with Gasteiger partial charge in [-0.2, -0.15) is 0 Å². The Morgan fingerprint density at radius 3 is 2.76 bits per heavy atom. The fraction of sp³-hybridized carbons (Fsp3) is 0.312. The lowest BCUT2D eigenvalue weighted by Gasteiger charge is -2.14. The van der Waals surface area contributed by atoms with Gasteiger partial charge in [-0.3, -0.25) is 0 Å². The van der Waals surface area contributed by atoms with Gasteiger partial charge in [0.1, 0.15) is 11.6 Å². The van der Waals surface area contributed by atoms with Crippen molar-refractivity contribution in [3.8, 4) is 11.6 Å². The molecule has 1 aromatic heterocycles. The molecule has 0 saturated heterocycles. The van der Waals surface area contributed by atoms with Gasteiger partial charge in [0, 0.05) is 22.6 Å². The number of nitrogens with one attached hydrogen (secondary N) is 1. The molecule has 1 heterocycles. The van der Waals surface area contributed by atoms with Crippen LogP contribution in [-0.4, -0.2) is 11.0 Å². The average molecular weight is 353 g/mol. The molecule has 0 amide bonds. The fourth-order valence-electron chi connectivity index (χ4n) is 1.83. The van der Waals surface area contributed by atoms with E-state index in [-0.39, 0.29) is 5.82 Å². The zero-order valence-electron chi connectivity index (χ0n) is 12.3. The van der Waals surface area contributed by atoms with E-state index >= 15 is 0 Å². The molecule has 0 fully saturated rings. The van der Waals surface area contributed by atoms with Gasteiger partial charge >= 0.3 is 0 Å². The second-order valence-electron chi connectivity index (χ2n) is 5.17. The van der Waals surface area contributed by atoms with Gasteiger partial charge in [0.05, 0.1) is 6.20 Å². The Balaban J connectivity index is 2.26. The highest BCUT2D eigenvalue weighted by Gasteiger charge is 2.10. The number of ether oxygens (including phenoxy) is 1. The van der Waals surface area contributed by atoms with Crippen LogP contribution in [0.3, 0.4) is 0 Å². The Morgan fingerprint density at radius 1 is 1.33 bits per heavy atom. The maximum Gasteiger partial charge on any atom is 0.223 e. The van der Waals surface area contributed by atoms with Crippen LogP contribution in [0.1, 0.15) is 25.0 Å². The number of pyridine rings is 1. The number of aryl methyl sites for hydroxylation is 1. The van der Waals surface area contributed by atoms with Gasteiger partial charge in [0.25, 0.3) is 0 Å². The molecule has 0 radical (unpaired) electrons.